The summed E-state index contributed by atoms with van der Waals surface area (Å²) in [5, 5.41) is 3.17. The van der Waals surface area contributed by atoms with Crippen LogP contribution in [0.3, 0.4) is 0 Å². The SMILES string of the molecule is CC(C)CCCNCCC(N)=O. The molecular formula is C9H20N2O. The van der Waals surface area contributed by atoms with Crippen molar-refractivity contribution in [3.8, 4) is 0 Å². The van der Waals surface area contributed by atoms with Gasteiger partial charge in [0.2, 0.25) is 5.91 Å². The van der Waals surface area contributed by atoms with E-state index in [2.05, 4.69) is 19.2 Å². The second kappa shape index (κ2) is 7.10. The van der Waals surface area contributed by atoms with Crippen LogP contribution in [0.4, 0.5) is 0 Å². The summed E-state index contributed by atoms with van der Waals surface area (Å²) in [6.07, 6.45) is 2.86. The van der Waals surface area contributed by atoms with Crippen molar-refractivity contribution in [3.63, 3.8) is 0 Å². The maximum atomic E-state index is 10.3. The maximum Gasteiger partial charge on any atom is 0.218 e. The third kappa shape index (κ3) is 9.43. The van der Waals surface area contributed by atoms with Crippen LogP contribution in [0.25, 0.3) is 0 Å². The number of amides is 1. The molecule has 0 aliphatic rings. The molecule has 0 aliphatic carbocycles. The van der Waals surface area contributed by atoms with Crippen LogP contribution in [0.2, 0.25) is 0 Å². The predicted molar refractivity (Wildman–Crippen MR) is 50.8 cm³/mol. The van der Waals surface area contributed by atoms with Crippen LogP contribution in [0, 0.1) is 5.92 Å². The minimum atomic E-state index is -0.230. The molecule has 0 rings (SSSR count). The van der Waals surface area contributed by atoms with Gasteiger partial charge in [-0.05, 0) is 25.3 Å². The van der Waals surface area contributed by atoms with E-state index in [4.69, 9.17) is 5.73 Å². The summed E-state index contributed by atoms with van der Waals surface area (Å²) >= 11 is 0. The molecule has 0 spiro atoms. The van der Waals surface area contributed by atoms with E-state index >= 15 is 0 Å². The molecule has 0 saturated heterocycles. The fourth-order valence-corrected chi connectivity index (χ4v) is 0.972. The highest BCUT2D eigenvalue weighted by Crippen LogP contribution is 2.01. The van der Waals surface area contributed by atoms with Gasteiger partial charge in [0, 0.05) is 13.0 Å². The molecule has 3 heteroatoms. The van der Waals surface area contributed by atoms with E-state index in [0.717, 1.165) is 12.5 Å². The summed E-state index contributed by atoms with van der Waals surface area (Å²) in [7, 11) is 0. The Morgan fingerprint density at radius 2 is 2.08 bits per heavy atom. The Balaban J connectivity index is 2.96. The zero-order chi connectivity index (χ0) is 9.40. The highest BCUT2D eigenvalue weighted by Gasteiger charge is 1.95. The lowest BCUT2D eigenvalue weighted by Crippen LogP contribution is -2.22. The molecule has 0 aromatic rings. The number of carbonyl (C=O) groups is 1. The van der Waals surface area contributed by atoms with Gasteiger partial charge in [0.1, 0.15) is 0 Å². The van der Waals surface area contributed by atoms with E-state index in [1.54, 1.807) is 0 Å². The molecule has 12 heavy (non-hydrogen) atoms. The van der Waals surface area contributed by atoms with Gasteiger partial charge in [0.15, 0.2) is 0 Å². The third-order valence-corrected chi connectivity index (χ3v) is 1.68. The van der Waals surface area contributed by atoms with Crippen LogP contribution < -0.4 is 11.1 Å². The van der Waals surface area contributed by atoms with Gasteiger partial charge in [-0.3, -0.25) is 4.79 Å². The summed E-state index contributed by atoms with van der Waals surface area (Å²) in [4.78, 5) is 10.3. The molecule has 0 atom stereocenters. The zero-order valence-electron chi connectivity index (χ0n) is 8.10. The van der Waals surface area contributed by atoms with E-state index < -0.39 is 0 Å². The molecular weight excluding hydrogens is 152 g/mol. The van der Waals surface area contributed by atoms with Gasteiger partial charge >= 0.3 is 0 Å². The number of carbonyl (C=O) groups excluding carboxylic acids is 1. The van der Waals surface area contributed by atoms with Crippen LogP contribution in [0.5, 0.6) is 0 Å². The summed E-state index contributed by atoms with van der Waals surface area (Å²) in [6, 6.07) is 0. The molecule has 3 N–H and O–H groups in total. The van der Waals surface area contributed by atoms with Crippen molar-refractivity contribution in [1.29, 1.82) is 0 Å². The Hall–Kier alpha value is -0.570. The lowest BCUT2D eigenvalue weighted by molar-refractivity contribution is -0.117. The number of rotatable bonds is 7. The third-order valence-electron chi connectivity index (χ3n) is 1.68. The monoisotopic (exact) mass is 172 g/mol. The summed E-state index contributed by atoms with van der Waals surface area (Å²) in [5.74, 6) is 0.536. The molecule has 0 fully saturated rings. The topological polar surface area (TPSA) is 55.1 Å². The first-order valence-corrected chi connectivity index (χ1v) is 4.62. The van der Waals surface area contributed by atoms with Gasteiger partial charge in [0.25, 0.3) is 0 Å². The van der Waals surface area contributed by atoms with Crippen molar-refractivity contribution in [2.45, 2.75) is 33.1 Å². The molecule has 3 nitrogen and oxygen atoms in total. The van der Waals surface area contributed by atoms with Gasteiger partial charge in [-0.2, -0.15) is 0 Å². The standard InChI is InChI=1S/C9H20N2O/c1-8(2)4-3-6-11-7-5-9(10)12/h8,11H,3-7H2,1-2H3,(H2,10,12). The quantitative estimate of drug-likeness (QED) is 0.560. The van der Waals surface area contributed by atoms with E-state index in [-0.39, 0.29) is 5.91 Å². The van der Waals surface area contributed by atoms with Gasteiger partial charge in [-0.25, -0.2) is 0 Å². The average Bonchev–Trinajstić information content (AvgIpc) is 1.95. The molecule has 0 unspecified atom stereocenters. The van der Waals surface area contributed by atoms with E-state index in [1.165, 1.54) is 12.8 Å². The highest BCUT2D eigenvalue weighted by molar-refractivity contribution is 5.73. The number of nitrogens with one attached hydrogen (secondary N) is 1. The van der Waals surface area contributed by atoms with Crippen molar-refractivity contribution >= 4 is 5.91 Å². The first kappa shape index (κ1) is 11.4. The summed E-state index contributed by atoms with van der Waals surface area (Å²) in [6.45, 7) is 6.13. The van der Waals surface area contributed by atoms with Crippen molar-refractivity contribution in [2.75, 3.05) is 13.1 Å². The van der Waals surface area contributed by atoms with Gasteiger partial charge in [0.05, 0.1) is 0 Å². The molecule has 1 amide bonds. The van der Waals surface area contributed by atoms with Crippen molar-refractivity contribution in [3.05, 3.63) is 0 Å². The lowest BCUT2D eigenvalue weighted by Gasteiger charge is -2.04. The number of nitrogens with two attached hydrogens (primary N) is 1. The van der Waals surface area contributed by atoms with E-state index in [0.29, 0.717) is 13.0 Å². The molecule has 0 radical (unpaired) electrons. The fourth-order valence-electron chi connectivity index (χ4n) is 0.972. The Morgan fingerprint density at radius 1 is 1.42 bits per heavy atom. The molecule has 0 aromatic carbocycles. The van der Waals surface area contributed by atoms with Crippen LogP contribution >= 0.6 is 0 Å². The largest absolute Gasteiger partial charge is 0.370 e. The van der Waals surface area contributed by atoms with E-state index in [1.807, 2.05) is 0 Å². The van der Waals surface area contributed by atoms with Crippen LogP contribution in [-0.4, -0.2) is 19.0 Å². The highest BCUT2D eigenvalue weighted by atomic mass is 16.1. The Bertz CT molecular complexity index is 124. The first-order chi connectivity index (χ1) is 5.63. The molecule has 72 valence electrons. The van der Waals surface area contributed by atoms with E-state index in [9.17, 15) is 4.79 Å². The second-order valence-corrected chi connectivity index (χ2v) is 3.50. The number of hydrogen-bond donors (Lipinski definition) is 2. The van der Waals surface area contributed by atoms with Crippen molar-refractivity contribution < 1.29 is 4.79 Å². The smallest absolute Gasteiger partial charge is 0.218 e. The number of primary amides is 1. The van der Waals surface area contributed by atoms with Gasteiger partial charge in [-0.15, -0.1) is 0 Å². The van der Waals surface area contributed by atoms with Gasteiger partial charge in [-0.1, -0.05) is 13.8 Å². The zero-order valence-corrected chi connectivity index (χ0v) is 8.10. The molecule has 0 aromatic heterocycles. The predicted octanol–water partition coefficient (Wildman–Crippen LogP) is 0.888. The fraction of sp³-hybridized carbons (Fsp3) is 0.889. The Kier molecular flexibility index (Phi) is 6.76. The normalized spacial score (nSPS) is 10.6. The molecule has 0 aliphatic heterocycles. The minimum absolute atomic E-state index is 0.230. The van der Waals surface area contributed by atoms with Crippen molar-refractivity contribution in [2.24, 2.45) is 11.7 Å². The second-order valence-electron chi connectivity index (χ2n) is 3.50. The average molecular weight is 172 g/mol. The minimum Gasteiger partial charge on any atom is -0.370 e. The Morgan fingerprint density at radius 3 is 2.58 bits per heavy atom. The van der Waals surface area contributed by atoms with Crippen LogP contribution in [-0.2, 0) is 4.79 Å². The number of hydrogen-bond acceptors (Lipinski definition) is 2. The van der Waals surface area contributed by atoms with Crippen LogP contribution in [0.1, 0.15) is 33.1 Å². The Labute approximate surface area is 74.7 Å². The maximum absolute atomic E-state index is 10.3. The lowest BCUT2D eigenvalue weighted by atomic mass is 10.1. The van der Waals surface area contributed by atoms with Gasteiger partial charge < -0.3 is 11.1 Å². The molecule has 0 bridgehead atoms. The van der Waals surface area contributed by atoms with Crippen LogP contribution in [0.15, 0.2) is 0 Å². The molecule has 0 heterocycles. The summed E-state index contributed by atoms with van der Waals surface area (Å²) < 4.78 is 0. The first-order valence-electron chi connectivity index (χ1n) is 4.62. The van der Waals surface area contributed by atoms with Crippen molar-refractivity contribution in [1.82, 2.24) is 5.32 Å². The molecule has 0 saturated carbocycles. The summed E-state index contributed by atoms with van der Waals surface area (Å²) in [5.41, 5.74) is 4.98.